The zero-order valence-electron chi connectivity index (χ0n) is 6.22. The van der Waals surface area contributed by atoms with Gasteiger partial charge in [-0.25, -0.2) is 4.39 Å². The molecule has 1 rings (SSSR count). The quantitative estimate of drug-likeness (QED) is 0.366. The lowest BCUT2D eigenvalue weighted by Crippen LogP contribution is -2.28. The van der Waals surface area contributed by atoms with Crippen LogP contribution < -0.4 is 10.7 Å². The van der Waals surface area contributed by atoms with Crippen LogP contribution in [-0.4, -0.2) is 24.0 Å². The van der Waals surface area contributed by atoms with Crippen molar-refractivity contribution in [1.29, 1.82) is 0 Å². The number of hydrazone groups is 1. The smallest absolute Gasteiger partial charge is 0.186 e. The van der Waals surface area contributed by atoms with E-state index in [2.05, 4.69) is 15.8 Å². The standard InChI is InChI=1S/C6H10FN3S/c1-8-5(11)10-9-4-6(7)2-3-6/h4H,2-3H2,1H3,(H2,8,10,11)/b9-4+. The number of nitrogens with zero attached hydrogens (tertiary/aromatic N) is 1. The molecule has 3 nitrogen and oxygen atoms in total. The number of nitrogens with one attached hydrogen (secondary N) is 2. The third-order valence-corrected chi connectivity index (χ3v) is 1.71. The van der Waals surface area contributed by atoms with Gasteiger partial charge in [-0.3, -0.25) is 5.43 Å². The van der Waals surface area contributed by atoms with E-state index in [1.807, 2.05) is 0 Å². The predicted molar refractivity (Wildman–Crippen MR) is 46.4 cm³/mol. The van der Waals surface area contributed by atoms with Crippen molar-refractivity contribution >= 4 is 23.5 Å². The lowest BCUT2D eigenvalue weighted by molar-refractivity contribution is 0.412. The molecule has 1 saturated carbocycles. The maximum absolute atomic E-state index is 12.8. The Balaban J connectivity index is 2.20. The van der Waals surface area contributed by atoms with E-state index in [1.165, 1.54) is 6.21 Å². The van der Waals surface area contributed by atoms with Crippen LogP contribution in [0.4, 0.5) is 4.39 Å². The van der Waals surface area contributed by atoms with Crippen molar-refractivity contribution in [3.05, 3.63) is 0 Å². The van der Waals surface area contributed by atoms with E-state index in [0.717, 1.165) is 0 Å². The van der Waals surface area contributed by atoms with Crippen molar-refractivity contribution in [2.45, 2.75) is 18.5 Å². The molecule has 0 aromatic heterocycles. The molecule has 0 unspecified atom stereocenters. The molecule has 0 amide bonds. The van der Waals surface area contributed by atoms with E-state index in [1.54, 1.807) is 7.05 Å². The Morgan fingerprint density at radius 1 is 1.73 bits per heavy atom. The fourth-order valence-corrected chi connectivity index (χ4v) is 0.564. The maximum Gasteiger partial charge on any atom is 0.186 e. The van der Waals surface area contributed by atoms with Gasteiger partial charge in [-0.15, -0.1) is 0 Å². The Kier molecular flexibility index (Phi) is 2.38. The van der Waals surface area contributed by atoms with Crippen molar-refractivity contribution in [1.82, 2.24) is 10.7 Å². The first kappa shape index (κ1) is 8.39. The fraction of sp³-hybridized carbons (Fsp3) is 0.667. The van der Waals surface area contributed by atoms with Crippen LogP contribution >= 0.6 is 12.2 Å². The minimum atomic E-state index is -1.16. The molecule has 0 aliphatic heterocycles. The number of halogens is 1. The summed E-state index contributed by atoms with van der Waals surface area (Å²) in [5.74, 6) is 0. The highest BCUT2D eigenvalue weighted by atomic mass is 32.1. The van der Waals surface area contributed by atoms with E-state index in [-0.39, 0.29) is 0 Å². The number of thiocarbonyl (C=S) groups is 1. The Bertz CT molecular complexity index is 188. The summed E-state index contributed by atoms with van der Waals surface area (Å²) in [5.41, 5.74) is 1.32. The molecule has 0 aromatic carbocycles. The van der Waals surface area contributed by atoms with Gasteiger partial charge in [0.05, 0.1) is 6.21 Å². The van der Waals surface area contributed by atoms with Crippen LogP contribution in [0, 0.1) is 0 Å². The van der Waals surface area contributed by atoms with Crippen molar-refractivity contribution in [2.75, 3.05) is 7.05 Å². The second-order valence-corrected chi connectivity index (χ2v) is 2.89. The lowest BCUT2D eigenvalue weighted by atomic mass is 10.4. The Morgan fingerprint density at radius 3 is 2.82 bits per heavy atom. The highest BCUT2D eigenvalue weighted by Crippen LogP contribution is 2.37. The first-order chi connectivity index (χ1) is 5.16. The highest BCUT2D eigenvalue weighted by molar-refractivity contribution is 7.80. The minimum Gasteiger partial charge on any atom is -0.364 e. The Hall–Kier alpha value is -0.710. The van der Waals surface area contributed by atoms with Gasteiger partial charge in [-0.05, 0) is 25.1 Å². The van der Waals surface area contributed by atoms with Gasteiger partial charge >= 0.3 is 0 Å². The van der Waals surface area contributed by atoms with Crippen LogP contribution in [0.15, 0.2) is 5.10 Å². The summed E-state index contributed by atoms with van der Waals surface area (Å²) in [6, 6.07) is 0. The third-order valence-electron chi connectivity index (χ3n) is 1.42. The molecule has 1 aliphatic rings. The molecule has 0 saturated heterocycles. The molecule has 0 bridgehead atoms. The summed E-state index contributed by atoms with van der Waals surface area (Å²) in [4.78, 5) is 0. The summed E-state index contributed by atoms with van der Waals surface area (Å²) >= 11 is 4.71. The van der Waals surface area contributed by atoms with Crippen LogP contribution in [0.2, 0.25) is 0 Å². The summed E-state index contributed by atoms with van der Waals surface area (Å²) in [5, 5.41) is 6.67. The molecular weight excluding hydrogens is 165 g/mol. The van der Waals surface area contributed by atoms with Gasteiger partial charge in [-0.1, -0.05) is 0 Å². The first-order valence-electron chi connectivity index (χ1n) is 3.37. The van der Waals surface area contributed by atoms with Gasteiger partial charge in [-0.2, -0.15) is 5.10 Å². The molecule has 11 heavy (non-hydrogen) atoms. The lowest BCUT2D eigenvalue weighted by Gasteiger charge is -1.99. The highest BCUT2D eigenvalue weighted by Gasteiger charge is 2.41. The normalized spacial score (nSPS) is 19.8. The molecule has 1 aliphatic carbocycles. The van der Waals surface area contributed by atoms with Crippen molar-refractivity contribution < 1.29 is 4.39 Å². The molecule has 1 fully saturated rings. The topological polar surface area (TPSA) is 36.4 Å². The number of alkyl halides is 1. The molecule has 0 atom stereocenters. The van der Waals surface area contributed by atoms with E-state index < -0.39 is 5.67 Å². The number of hydrogen-bond donors (Lipinski definition) is 2. The van der Waals surface area contributed by atoms with Gasteiger partial charge in [0, 0.05) is 7.05 Å². The summed E-state index contributed by atoms with van der Waals surface area (Å²) in [6.07, 6.45) is 2.41. The van der Waals surface area contributed by atoms with Gasteiger partial charge in [0.2, 0.25) is 0 Å². The molecule has 0 aromatic rings. The average molecular weight is 175 g/mol. The average Bonchev–Trinajstić information content (AvgIpc) is 2.68. The Labute approximate surface area is 70.0 Å². The molecule has 0 spiro atoms. The predicted octanol–water partition coefficient (Wildman–Crippen LogP) is 0.568. The van der Waals surface area contributed by atoms with Crippen LogP contribution in [0.25, 0.3) is 0 Å². The zero-order valence-corrected chi connectivity index (χ0v) is 7.04. The number of rotatable bonds is 2. The Morgan fingerprint density at radius 2 is 2.36 bits per heavy atom. The van der Waals surface area contributed by atoms with Crippen LogP contribution in [0.5, 0.6) is 0 Å². The third kappa shape index (κ3) is 2.80. The molecule has 0 heterocycles. The minimum absolute atomic E-state index is 0.394. The van der Waals surface area contributed by atoms with Gasteiger partial charge in [0.1, 0.15) is 5.67 Å². The van der Waals surface area contributed by atoms with Gasteiger partial charge in [0.25, 0.3) is 0 Å². The second-order valence-electron chi connectivity index (χ2n) is 2.48. The van der Waals surface area contributed by atoms with E-state index in [0.29, 0.717) is 18.0 Å². The zero-order chi connectivity index (χ0) is 8.32. The summed E-state index contributed by atoms with van der Waals surface area (Å²) in [6.45, 7) is 0. The van der Waals surface area contributed by atoms with E-state index in [9.17, 15) is 4.39 Å². The summed E-state index contributed by atoms with van der Waals surface area (Å²) < 4.78 is 12.8. The SMILES string of the molecule is CNC(=S)N/N=C/C1(F)CC1. The molecule has 2 N–H and O–H groups in total. The molecule has 62 valence electrons. The van der Waals surface area contributed by atoms with Gasteiger partial charge < -0.3 is 5.32 Å². The number of hydrogen-bond acceptors (Lipinski definition) is 2. The van der Waals surface area contributed by atoms with Crippen molar-refractivity contribution in [3.63, 3.8) is 0 Å². The van der Waals surface area contributed by atoms with Crippen LogP contribution in [0.3, 0.4) is 0 Å². The maximum atomic E-state index is 12.8. The van der Waals surface area contributed by atoms with E-state index in [4.69, 9.17) is 12.2 Å². The van der Waals surface area contributed by atoms with Crippen LogP contribution in [-0.2, 0) is 0 Å². The second kappa shape index (κ2) is 3.13. The molecule has 0 radical (unpaired) electrons. The fourth-order valence-electron chi connectivity index (χ4n) is 0.511. The van der Waals surface area contributed by atoms with Gasteiger partial charge in [0.15, 0.2) is 5.11 Å². The molecule has 5 heteroatoms. The van der Waals surface area contributed by atoms with E-state index >= 15 is 0 Å². The monoisotopic (exact) mass is 175 g/mol. The first-order valence-corrected chi connectivity index (χ1v) is 3.78. The van der Waals surface area contributed by atoms with Crippen LogP contribution in [0.1, 0.15) is 12.8 Å². The summed E-state index contributed by atoms with van der Waals surface area (Å²) in [7, 11) is 1.67. The van der Waals surface area contributed by atoms with Crippen molar-refractivity contribution in [2.24, 2.45) is 5.10 Å². The van der Waals surface area contributed by atoms with Crippen molar-refractivity contribution in [3.8, 4) is 0 Å². The largest absolute Gasteiger partial charge is 0.364 e. The molecular formula is C6H10FN3S.